The molecule has 0 saturated heterocycles. The zero-order valence-corrected chi connectivity index (χ0v) is 16.0. The fourth-order valence-corrected chi connectivity index (χ4v) is 7.34. The van der Waals surface area contributed by atoms with Crippen LogP contribution in [0.1, 0.15) is 72.6 Å². The summed E-state index contributed by atoms with van der Waals surface area (Å²) in [7, 11) is 0. The second-order valence-corrected chi connectivity index (χ2v) is 9.55. The molecule has 132 valence electrons. The molecule has 1 N–H and O–H groups in total. The summed E-state index contributed by atoms with van der Waals surface area (Å²) in [5, 5.41) is 11.4. The minimum absolute atomic E-state index is 0.00300. The Hall–Kier alpha value is -0.820. The Morgan fingerprint density at radius 3 is 2.71 bits per heavy atom. The predicted octanol–water partition coefficient (Wildman–Crippen LogP) is 5.81. The first kappa shape index (κ1) is 16.6. The van der Waals surface area contributed by atoms with Crippen LogP contribution in [-0.4, -0.2) is 10.7 Å². The van der Waals surface area contributed by atoms with Gasteiger partial charge in [-0.3, -0.25) is 0 Å². The molecular formula is C23H34O. The highest BCUT2D eigenvalue weighted by Crippen LogP contribution is 2.68. The molecule has 1 heteroatoms. The van der Waals surface area contributed by atoms with Gasteiger partial charge in [0.2, 0.25) is 0 Å². The van der Waals surface area contributed by atoms with Crippen molar-refractivity contribution in [1.82, 2.24) is 0 Å². The van der Waals surface area contributed by atoms with Gasteiger partial charge >= 0.3 is 0 Å². The van der Waals surface area contributed by atoms with E-state index in [0.29, 0.717) is 17.3 Å². The fourth-order valence-electron chi connectivity index (χ4n) is 7.34. The van der Waals surface area contributed by atoms with Crippen LogP contribution in [0.3, 0.4) is 0 Å². The van der Waals surface area contributed by atoms with Crippen LogP contribution in [0.2, 0.25) is 0 Å². The normalized spacial score (nSPS) is 50.5. The smallest absolute Gasteiger partial charge is 0.0907 e. The highest BCUT2D eigenvalue weighted by molar-refractivity contribution is 5.43. The molecule has 0 amide bonds. The van der Waals surface area contributed by atoms with E-state index in [1.807, 2.05) is 0 Å². The summed E-state index contributed by atoms with van der Waals surface area (Å²) >= 11 is 0. The summed E-state index contributed by atoms with van der Waals surface area (Å²) in [6.07, 6.45) is 13.3. The summed E-state index contributed by atoms with van der Waals surface area (Å²) < 4.78 is 0. The van der Waals surface area contributed by atoms with E-state index < -0.39 is 5.60 Å². The molecule has 2 saturated carbocycles. The monoisotopic (exact) mass is 326 g/mol. The molecule has 0 spiro atoms. The Kier molecular flexibility index (Phi) is 3.53. The topological polar surface area (TPSA) is 20.2 Å². The van der Waals surface area contributed by atoms with Crippen LogP contribution in [0, 0.1) is 28.6 Å². The number of rotatable bonds is 1. The lowest BCUT2D eigenvalue weighted by atomic mass is 9.47. The number of allylic oxidation sites excluding steroid dienone is 4. The van der Waals surface area contributed by atoms with Gasteiger partial charge < -0.3 is 5.11 Å². The minimum atomic E-state index is -0.659. The van der Waals surface area contributed by atoms with Gasteiger partial charge in [0.1, 0.15) is 0 Å². The standard InChI is InChI=1S/C23H34O/c1-6-23(24)16(3)14-20-17-13-15(2)18-9-7-8-11-21(18,4)19(17)10-12-22(20,23)5/h9,13,17,19-20,24H,3,6-8,10-12,14H2,1-2,4-5H3/t17-,19+,20+,21+,22+,23-/m1/s1. The van der Waals surface area contributed by atoms with Crippen LogP contribution in [0.15, 0.2) is 35.5 Å². The van der Waals surface area contributed by atoms with Crippen molar-refractivity contribution in [2.45, 2.75) is 78.2 Å². The Bertz CT molecular complexity index is 640. The van der Waals surface area contributed by atoms with E-state index in [1.54, 1.807) is 5.57 Å². The summed E-state index contributed by atoms with van der Waals surface area (Å²) in [6, 6.07) is 0. The van der Waals surface area contributed by atoms with Crippen LogP contribution in [0.25, 0.3) is 0 Å². The first-order chi connectivity index (χ1) is 11.3. The molecule has 0 aromatic heterocycles. The number of aliphatic hydroxyl groups is 1. The molecule has 4 aliphatic rings. The van der Waals surface area contributed by atoms with Crippen LogP contribution >= 0.6 is 0 Å². The summed E-state index contributed by atoms with van der Waals surface area (Å²) in [5.41, 5.74) is 3.95. The van der Waals surface area contributed by atoms with E-state index in [9.17, 15) is 5.11 Å². The van der Waals surface area contributed by atoms with Gasteiger partial charge in [-0.15, -0.1) is 0 Å². The average molecular weight is 327 g/mol. The minimum Gasteiger partial charge on any atom is -0.385 e. The van der Waals surface area contributed by atoms with Crippen molar-refractivity contribution in [2.75, 3.05) is 0 Å². The predicted molar refractivity (Wildman–Crippen MR) is 101 cm³/mol. The van der Waals surface area contributed by atoms with E-state index >= 15 is 0 Å². The summed E-state index contributed by atoms with van der Waals surface area (Å²) in [6.45, 7) is 13.7. The molecule has 6 atom stereocenters. The lowest BCUT2D eigenvalue weighted by molar-refractivity contribution is -0.102. The molecule has 0 unspecified atom stereocenters. The highest BCUT2D eigenvalue weighted by atomic mass is 16.3. The van der Waals surface area contributed by atoms with Gasteiger partial charge in [-0.1, -0.05) is 45.1 Å². The second kappa shape index (κ2) is 5.10. The van der Waals surface area contributed by atoms with Crippen molar-refractivity contribution >= 4 is 0 Å². The molecule has 1 nitrogen and oxygen atoms in total. The van der Waals surface area contributed by atoms with Gasteiger partial charge in [0.25, 0.3) is 0 Å². The molecule has 0 heterocycles. The van der Waals surface area contributed by atoms with Crippen molar-refractivity contribution in [1.29, 1.82) is 0 Å². The zero-order valence-electron chi connectivity index (χ0n) is 16.0. The third-order valence-corrected chi connectivity index (χ3v) is 8.78. The van der Waals surface area contributed by atoms with Crippen molar-refractivity contribution in [3.05, 3.63) is 35.5 Å². The van der Waals surface area contributed by atoms with Crippen LogP contribution < -0.4 is 0 Å². The lowest BCUT2D eigenvalue weighted by Gasteiger charge is -2.58. The van der Waals surface area contributed by atoms with E-state index in [1.165, 1.54) is 31.3 Å². The second-order valence-electron chi connectivity index (χ2n) is 9.55. The molecule has 0 bridgehead atoms. The van der Waals surface area contributed by atoms with E-state index in [2.05, 4.69) is 46.4 Å². The van der Waals surface area contributed by atoms with E-state index in [-0.39, 0.29) is 5.41 Å². The Balaban J connectivity index is 1.81. The third kappa shape index (κ3) is 1.80. The van der Waals surface area contributed by atoms with E-state index in [0.717, 1.165) is 30.8 Å². The van der Waals surface area contributed by atoms with Crippen molar-refractivity contribution in [2.24, 2.45) is 28.6 Å². The average Bonchev–Trinajstić information content (AvgIpc) is 2.76. The van der Waals surface area contributed by atoms with E-state index in [4.69, 9.17) is 0 Å². The maximum atomic E-state index is 11.4. The molecule has 0 aromatic carbocycles. The molecular weight excluding hydrogens is 292 g/mol. The quantitative estimate of drug-likeness (QED) is 0.603. The maximum Gasteiger partial charge on any atom is 0.0907 e. The SMILES string of the molecule is C=C1C[C@H]2[C@@H]3C=C(C)C4=CCCC[C@]4(C)[C@H]3CC[C@]2(C)[C@@]1(O)CC. The molecule has 0 aliphatic heterocycles. The van der Waals surface area contributed by atoms with Crippen molar-refractivity contribution in [3.8, 4) is 0 Å². The number of fused-ring (bicyclic) bond motifs is 5. The van der Waals surface area contributed by atoms with Gasteiger partial charge in [0.15, 0.2) is 0 Å². The lowest BCUT2D eigenvalue weighted by Crippen LogP contribution is -2.54. The van der Waals surface area contributed by atoms with Gasteiger partial charge in [-0.25, -0.2) is 0 Å². The fraction of sp³-hybridized carbons (Fsp3) is 0.739. The van der Waals surface area contributed by atoms with Crippen LogP contribution in [-0.2, 0) is 0 Å². The Morgan fingerprint density at radius 2 is 2.00 bits per heavy atom. The molecule has 24 heavy (non-hydrogen) atoms. The van der Waals surface area contributed by atoms with Crippen molar-refractivity contribution < 1.29 is 5.11 Å². The maximum absolute atomic E-state index is 11.4. The van der Waals surface area contributed by atoms with Gasteiger partial charge in [0, 0.05) is 5.41 Å². The third-order valence-electron chi connectivity index (χ3n) is 8.78. The molecule has 0 aromatic rings. The largest absolute Gasteiger partial charge is 0.385 e. The first-order valence-electron chi connectivity index (χ1n) is 10.1. The molecule has 4 aliphatic carbocycles. The highest BCUT2D eigenvalue weighted by Gasteiger charge is 2.64. The number of hydrogen-bond donors (Lipinski definition) is 1. The summed E-state index contributed by atoms with van der Waals surface area (Å²) in [5.74, 6) is 1.92. The zero-order chi connectivity index (χ0) is 17.3. The molecule has 4 rings (SSSR count). The Morgan fingerprint density at radius 1 is 1.25 bits per heavy atom. The summed E-state index contributed by atoms with van der Waals surface area (Å²) in [4.78, 5) is 0. The molecule has 0 radical (unpaired) electrons. The van der Waals surface area contributed by atoms with Crippen molar-refractivity contribution in [3.63, 3.8) is 0 Å². The van der Waals surface area contributed by atoms with Crippen LogP contribution in [0.5, 0.6) is 0 Å². The van der Waals surface area contributed by atoms with Gasteiger partial charge in [0.05, 0.1) is 5.60 Å². The Labute approximate surface area is 147 Å². The first-order valence-corrected chi connectivity index (χ1v) is 10.1. The van der Waals surface area contributed by atoms with Crippen LogP contribution in [0.4, 0.5) is 0 Å². The van der Waals surface area contributed by atoms with Gasteiger partial charge in [-0.05, 0) is 86.2 Å². The van der Waals surface area contributed by atoms with Gasteiger partial charge in [-0.2, -0.15) is 0 Å². The molecule has 2 fully saturated rings. The number of hydrogen-bond acceptors (Lipinski definition) is 1.